The average molecular weight is 377 g/mol. The molecule has 1 aliphatic carbocycles. The molecule has 4 rings (SSSR count). The van der Waals surface area contributed by atoms with Gasteiger partial charge in [0.1, 0.15) is 0 Å². The SMILES string of the molecule is CC(N)c1cc(Cl)cc2c(=O)n(CC3CCC3)c(N3CCOCC3)nc12. The number of rotatable bonds is 4. The van der Waals surface area contributed by atoms with Crippen LogP contribution in [0.4, 0.5) is 5.95 Å². The predicted molar refractivity (Wildman–Crippen MR) is 104 cm³/mol. The minimum absolute atomic E-state index is 0.0206. The van der Waals surface area contributed by atoms with Crippen LogP contribution in [0, 0.1) is 5.92 Å². The Balaban J connectivity index is 1.92. The van der Waals surface area contributed by atoms with Crippen molar-refractivity contribution in [2.75, 3.05) is 31.2 Å². The smallest absolute Gasteiger partial charge is 0.262 e. The quantitative estimate of drug-likeness (QED) is 0.888. The molecule has 1 aromatic carbocycles. The van der Waals surface area contributed by atoms with Gasteiger partial charge < -0.3 is 15.4 Å². The predicted octanol–water partition coefficient (Wildman–Crippen LogP) is 2.71. The van der Waals surface area contributed by atoms with E-state index in [2.05, 4.69) is 4.90 Å². The number of fused-ring (bicyclic) bond motifs is 1. The van der Waals surface area contributed by atoms with E-state index in [1.54, 1.807) is 6.07 Å². The third-order valence-electron chi connectivity index (χ3n) is 5.48. The Morgan fingerprint density at radius 3 is 2.69 bits per heavy atom. The maximum absolute atomic E-state index is 13.4. The highest BCUT2D eigenvalue weighted by Crippen LogP contribution is 2.31. The minimum atomic E-state index is -0.247. The molecule has 2 aromatic rings. The molecule has 2 heterocycles. The molecule has 1 saturated carbocycles. The van der Waals surface area contributed by atoms with E-state index >= 15 is 0 Å². The normalized spacial score (nSPS) is 19.6. The van der Waals surface area contributed by atoms with Gasteiger partial charge in [0.15, 0.2) is 0 Å². The lowest BCUT2D eigenvalue weighted by atomic mass is 9.85. The molecule has 0 amide bonds. The number of benzene rings is 1. The van der Waals surface area contributed by atoms with Crippen LogP contribution in [0.25, 0.3) is 10.9 Å². The summed E-state index contributed by atoms with van der Waals surface area (Å²) in [6, 6.07) is 3.29. The maximum Gasteiger partial charge on any atom is 0.262 e. The Kier molecular flexibility index (Phi) is 4.90. The Labute approximate surface area is 157 Å². The molecule has 1 aromatic heterocycles. The molecule has 0 radical (unpaired) electrons. The molecular formula is C19H25ClN4O2. The maximum atomic E-state index is 13.4. The third-order valence-corrected chi connectivity index (χ3v) is 5.70. The highest BCUT2D eigenvalue weighted by atomic mass is 35.5. The van der Waals surface area contributed by atoms with E-state index in [1.165, 1.54) is 19.3 Å². The van der Waals surface area contributed by atoms with E-state index in [0.29, 0.717) is 41.6 Å². The molecule has 26 heavy (non-hydrogen) atoms. The Bertz CT molecular complexity index is 870. The Morgan fingerprint density at radius 2 is 2.08 bits per heavy atom. The van der Waals surface area contributed by atoms with Gasteiger partial charge in [0, 0.05) is 30.7 Å². The Hall–Kier alpha value is -1.63. The number of ether oxygens (including phenoxy) is 1. The molecule has 0 bridgehead atoms. The van der Waals surface area contributed by atoms with Gasteiger partial charge in [-0.25, -0.2) is 4.98 Å². The first-order valence-corrected chi connectivity index (χ1v) is 9.74. The largest absolute Gasteiger partial charge is 0.378 e. The zero-order chi connectivity index (χ0) is 18.3. The van der Waals surface area contributed by atoms with Gasteiger partial charge >= 0.3 is 0 Å². The van der Waals surface area contributed by atoms with Crippen molar-refractivity contribution in [3.63, 3.8) is 0 Å². The van der Waals surface area contributed by atoms with Crippen LogP contribution in [-0.4, -0.2) is 35.9 Å². The summed E-state index contributed by atoms with van der Waals surface area (Å²) in [5.41, 5.74) is 7.60. The van der Waals surface area contributed by atoms with Crippen molar-refractivity contribution in [2.45, 2.75) is 38.8 Å². The average Bonchev–Trinajstić information content (AvgIpc) is 2.59. The summed E-state index contributed by atoms with van der Waals surface area (Å²) in [6.45, 7) is 5.39. The summed E-state index contributed by atoms with van der Waals surface area (Å²) in [4.78, 5) is 20.4. The van der Waals surface area contributed by atoms with E-state index in [-0.39, 0.29) is 11.6 Å². The van der Waals surface area contributed by atoms with Crippen LogP contribution in [0.3, 0.4) is 0 Å². The summed E-state index contributed by atoms with van der Waals surface area (Å²) in [5.74, 6) is 1.29. The third kappa shape index (κ3) is 3.21. The van der Waals surface area contributed by atoms with Gasteiger partial charge in [0.25, 0.3) is 5.56 Å². The van der Waals surface area contributed by atoms with Crippen molar-refractivity contribution in [3.8, 4) is 0 Å². The van der Waals surface area contributed by atoms with Crippen LogP contribution >= 0.6 is 11.6 Å². The number of nitrogens with two attached hydrogens (primary N) is 1. The first-order chi connectivity index (χ1) is 12.5. The van der Waals surface area contributed by atoms with Gasteiger partial charge in [-0.15, -0.1) is 0 Å². The molecule has 6 nitrogen and oxygen atoms in total. The molecule has 1 aliphatic heterocycles. The van der Waals surface area contributed by atoms with Crippen LogP contribution < -0.4 is 16.2 Å². The fourth-order valence-corrected chi connectivity index (χ4v) is 3.98. The van der Waals surface area contributed by atoms with Gasteiger partial charge in [-0.2, -0.15) is 0 Å². The van der Waals surface area contributed by atoms with E-state index in [4.69, 9.17) is 27.1 Å². The first-order valence-electron chi connectivity index (χ1n) is 9.37. The number of aromatic nitrogens is 2. The number of halogens is 1. The number of hydrogen-bond acceptors (Lipinski definition) is 5. The summed E-state index contributed by atoms with van der Waals surface area (Å²) in [6.07, 6.45) is 3.59. The molecular weight excluding hydrogens is 352 g/mol. The van der Waals surface area contributed by atoms with Gasteiger partial charge in [-0.05, 0) is 43.4 Å². The van der Waals surface area contributed by atoms with Crippen LogP contribution in [0.1, 0.15) is 37.8 Å². The first kappa shape index (κ1) is 17.8. The highest BCUT2D eigenvalue weighted by molar-refractivity contribution is 6.31. The monoisotopic (exact) mass is 376 g/mol. The molecule has 7 heteroatoms. The summed E-state index contributed by atoms with van der Waals surface area (Å²) in [7, 11) is 0. The van der Waals surface area contributed by atoms with E-state index in [1.807, 2.05) is 17.6 Å². The molecule has 0 spiro atoms. The number of hydrogen-bond donors (Lipinski definition) is 1. The molecule has 2 fully saturated rings. The number of anilines is 1. The molecule has 2 N–H and O–H groups in total. The van der Waals surface area contributed by atoms with E-state index in [0.717, 1.165) is 24.6 Å². The lowest BCUT2D eigenvalue weighted by Crippen LogP contribution is -2.41. The molecule has 1 unspecified atom stereocenters. The molecule has 2 aliphatic rings. The fraction of sp³-hybridized carbons (Fsp3) is 0.579. The number of morpholine rings is 1. The van der Waals surface area contributed by atoms with Crippen molar-refractivity contribution in [1.82, 2.24) is 9.55 Å². The van der Waals surface area contributed by atoms with Gasteiger partial charge in [0.05, 0.1) is 24.1 Å². The standard InChI is InChI=1S/C19H25ClN4O2/c1-12(21)15-9-14(20)10-16-17(15)22-19(23-5-7-26-8-6-23)24(18(16)25)11-13-3-2-4-13/h9-10,12-13H,2-8,11,21H2,1H3. The summed E-state index contributed by atoms with van der Waals surface area (Å²) in [5, 5.41) is 1.08. The minimum Gasteiger partial charge on any atom is -0.378 e. The number of nitrogens with zero attached hydrogens (tertiary/aromatic N) is 3. The van der Waals surface area contributed by atoms with Crippen LogP contribution in [0.15, 0.2) is 16.9 Å². The van der Waals surface area contributed by atoms with Crippen LogP contribution in [0.5, 0.6) is 0 Å². The zero-order valence-corrected chi connectivity index (χ0v) is 15.8. The zero-order valence-electron chi connectivity index (χ0n) is 15.1. The van der Waals surface area contributed by atoms with Crippen molar-refractivity contribution < 1.29 is 4.74 Å². The summed E-state index contributed by atoms with van der Waals surface area (Å²) < 4.78 is 7.32. The molecule has 140 valence electrons. The van der Waals surface area contributed by atoms with Gasteiger partial charge in [0.2, 0.25) is 5.95 Å². The van der Waals surface area contributed by atoms with Crippen LogP contribution in [-0.2, 0) is 11.3 Å². The second-order valence-electron chi connectivity index (χ2n) is 7.40. The van der Waals surface area contributed by atoms with Crippen LogP contribution in [0.2, 0.25) is 5.02 Å². The topological polar surface area (TPSA) is 73.4 Å². The Morgan fingerprint density at radius 1 is 1.35 bits per heavy atom. The van der Waals surface area contributed by atoms with Crippen molar-refractivity contribution >= 4 is 28.5 Å². The van der Waals surface area contributed by atoms with Crippen molar-refractivity contribution in [1.29, 1.82) is 0 Å². The lowest BCUT2D eigenvalue weighted by Gasteiger charge is -2.33. The molecule has 1 atom stereocenters. The second kappa shape index (κ2) is 7.18. The van der Waals surface area contributed by atoms with Gasteiger partial charge in [-0.1, -0.05) is 18.0 Å². The second-order valence-corrected chi connectivity index (χ2v) is 7.84. The molecule has 1 saturated heterocycles. The van der Waals surface area contributed by atoms with E-state index in [9.17, 15) is 4.79 Å². The fourth-order valence-electron chi connectivity index (χ4n) is 3.75. The lowest BCUT2D eigenvalue weighted by molar-refractivity contribution is 0.121. The highest BCUT2D eigenvalue weighted by Gasteiger charge is 2.25. The van der Waals surface area contributed by atoms with E-state index < -0.39 is 0 Å². The summed E-state index contributed by atoms with van der Waals surface area (Å²) >= 11 is 6.27. The van der Waals surface area contributed by atoms with Crippen molar-refractivity contribution in [3.05, 3.63) is 33.1 Å². The van der Waals surface area contributed by atoms with Crippen molar-refractivity contribution in [2.24, 2.45) is 11.7 Å². The van der Waals surface area contributed by atoms with Gasteiger partial charge in [-0.3, -0.25) is 9.36 Å².